The molecule has 0 unspecified atom stereocenters. The molecule has 1 aliphatic rings. The SMILES string of the molecule is O=C1CSC(=NN=Cc2c(F)ccc(O)c2F)N1. The zero-order valence-corrected chi connectivity index (χ0v) is 9.67. The lowest BCUT2D eigenvalue weighted by Crippen LogP contribution is -2.19. The van der Waals surface area contributed by atoms with Gasteiger partial charge in [-0.05, 0) is 12.1 Å². The Kier molecular flexibility index (Phi) is 3.56. The Labute approximate surface area is 105 Å². The molecule has 1 aromatic carbocycles. The maximum atomic E-state index is 13.3. The van der Waals surface area contributed by atoms with Crippen molar-refractivity contribution in [1.29, 1.82) is 0 Å². The molecule has 1 saturated heterocycles. The minimum absolute atomic E-state index is 0.205. The number of rotatable bonds is 2. The second-order valence-electron chi connectivity index (χ2n) is 3.28. The van der Waals surface area contributed by atoms with Crippen LogP contribution in [-0.2, 0) is 4.79 Å². The highest BCUT2D eigenvalue weighted by Gasteiger charge is 2.16. The molecule has 0 bridgehead atoms. The third-order valence-corrected chi connectivity index (χ3v) is 2.89. The predicted octanol–water partition coefficient (Wildman–Crippen LogP) is 1.22. The summed E-state index contributed by atoms with van der Waals surface area (Å²) in [5.74, 6) is -2.61. The molecule has 18 heavy (non-hydrogen) atoms. The molecule has 1 fully saturated rings. The molecule has 1 heterocycles. The largest absolute Gasteiger partial charge is 0.505 e. The van der Waals surface area contributed by atoms with Gasteiger partial charge in [0.05, 0.1) is 17.5 Å². The molecule has 94 valence electrons. The van der Waals surface area contributed by atoms with Crippen molar-refractivity contribution >= 4 is 29.1 Å². The van der Waals surface area contributed by atoms with Crippen molar-refractivity contribution in [2.45, 2.75) is 0 Å². The number of thioether (sulfide) groups is 1. The van der Waals surface area contributed by atoms with Gasteiger partial charge in [-0.15, -0.1) is 5.10 Å². The number of nitrogens with one attached hydrogen (secondary N) is 1. The Balaban J connectivity index is 2.19. The lowest BCUT2D eigenvalue weighted by atomic mass is 10.2. The van der Waals surface area contributed by atoms with E-state index in [1.54, 1.807) is 0 Å². The first kappa shape index (κ1) is 12.5. The van der Waals surface area contributed by atoms with E-state index in [-0.39, 0.29) is 16.8 Å². The fraction of sp³-hybridized carbons (Fsp3) is 0.100. The molecule has 8 heteroatoms. The number of benzene rings is 1. The summed E-state index contributed by atoms with van der Waals surface area (Å²) in [6.07, 6.45) is 0.836. The smallest absolute Gasteiger partial charge is 0.236 e. The van der Waals surface area contributed by atoms with Crippen LogP contribution in [0.4, 0.5) is 8.78 Å². The molecular formula is C10H7F2N3O2S. The second-order valence-corrected chi connectivity index (χ2v) is 4.24. The molecule has 0 aliphatic carbocycles. The van der Waals surface area contributed by atoms with Crippen molar-refractivity contribution in [3.05, 3.63) is 29.3 Å². The number of phenols is 1. The van der Waals surface area contributed by atoms with E-state index in [1.807, 2.05) is 0 Å². The predicted molar refractivity (Wildman–Crippen MR) is 63.7 cm³/mol. The van der Waals surface area contributed by atoms with E-state index < -0.39 is 22.9 Å². The number of nitrogens with zero attached hydrogens (tertiary/aromatic N) is 2. The normalized spacial score (nSPS) is 17.7. The highest BCUT2D eigenvalue weighted by Crippen LogP contribution is 2.20. The zero-order valence-electron chi connectivity index (χ0n) is 8.85. The molecule has 5 nitrogen and oxygen atoms in total. The van der Waals surface area contributed by atoms with E-state index in [2.05, 4.69) is 15.5 Å². The van der Waals surface area contributed by atoms with Crippen LogP contribution in [0, 0.1) is 11.6 Å². The minimum Gasteiger partial charge on any atom is -0.505 e. The van der Waals surface area contributed by atoms with E-state index in [0.29, 0.717) is 0 Å². The number of amidine groups is 1. The van der Waals surface area contributed by atoms with Gasteiger partial charge in [0.2, 0.25) is 5.91 Å². The highest BCUT2D eigenvalue weighted by atomic mass is 32.2. The molecule has 0 spiro atoms. The van der Waals surface area contributed by atoms with E-state index >= 15 is 0 Å². The first-order valence-electron chi connectivity index (χ1n) is 4.78. The van der Waals surface area contributed by atoms with Crippen molar-refractivity contribution in [2.75, 3.05) is 5.75 Å². The van der Waals surface area contributed by atoms with Crippen LogP contribution in [0.25, 0.3) is 0 Å². The van der Waals surface area contributed by atoms with Crippen molar-refractivity contribution in [3.63, 3.8) is 0 Å². The van der Waals surface area contributed by atoms with E-state index in [4.69, 9.17) is 5.11 Å². The number of aromatic hydroxyl groups is 1. The van der Waals surface area contributed by atoms with E-state index in [1.165, 1.54) is 0 Å². The summed E-state index contributed by atoms with van der Waals surface area (Å²) in [5, 5.41) is 18.8. The molecule has 0 aromatic heterocycles. The third-order valence-electron chi connectivity index (χ3n) is 2.03. The Bertz CT molecular complexity index is 560. The first-order chi connectivity index (χ1) is 8.58. The van der Waals surface area contributed by atoms with Crippen LogP contribution in [-0.4, -0.2) is 28.1 Å². The Morgan fingerprint density at radius 3 is 2.89 bits per heavy atom. The zero-order chi connectivity index (χ0) is 13.1. The summed E-state index contributed by atoms with van der Waals surface area (Å²) in [5.41, 5.74) is -0.492. The average Bonchev–Trinajstić information content (AvgIpc) is 2.74. The Morgan fingerprint density at radius 2 is 2.22 bits per heavy atom. The van der Waals surface area contributed by atoms with Crippen LogP contribution in [0.1, 0.15) is 5.56 Å². The van der Waals surface area contributed by atoms with Crippen molar-refractivity contribution < 1.29 is 18.7 Å². The van der Waals surface area contributed by atoms with Gasteiger partial charge in [-0.3, -0.25) is 4.79 Å². The summed E-state index contributed by atoms with van der Waals surface area (Å²) < 4.78 is 26.5. The van der Waals surface area contributed by atoms with Gasteiger partial charge >= 0.3 is 0 Å². The summed E-state index contributed by atoms with van der Waals surface area (Å²) in [7, 11) is 0. The standard InChI is InChI=1S/C10H7F2N3O2S/c11-6-1-2-7(16)9(12)5(6)3-13-15-10-14-8(17)4-18-10/h1-3,16H,4H2,(H,14,15,17). The number of amides is 1. The van der Waals surface area contributed by atoms with Crippen molar-refractivity contribution in [3.8, 4) is 5.75 Å². The number of halogens is 2. The Hall–Kier alpha value is -1.96. The average molecular weight is 271 g/mol. The lowest BCUT2D eigenvalue weighted by Gasteiger charge is -1.99. The monoisotopic (exact) mass is 271 g/mol. The topological polar surface area (TPSA) is 74.0 Å². The van der Waals surface area contributed by atoms with Gasteiger partial charge < -0.3 is 10.4 Å². The van der Waals surface area contributed by atoms with E-state index in [9.17, 15) is 13.6 Å². The number of hydrogen-bond donors (Lipinski definition) is 2. The molecule has 0 radical (unpaired) electrons. The highest BCUT2D eigenvalue weighted by molar-refractivity contribution is 8.15. The van der Waals surface area contributed by atoms with E-state index in [0.717, 1.165) is 30.1 Å². The molecule has 1 aromatic rings. The number of carbonyl (C=O) groups excluding carboxylic acids is 1. The van der Waals surface area contributed by atoms with Crippen LogP contribution >= 0.6 is 11.8 Å². The Morgan fingerprint density at radius 1 is 1.44 bits per heavy atom. The van der Waals surface area contributed by atoms with Crippen LogP contribution in [0.15, 0.2) is 22.3 Å². The number of hydrogen-bond acceptors (Lipinski definition) is 5. The maximum Gasteiger partial charge on any atom is 0.236 e. The molecular weight excluding hydrogens is 264 g/mol. The molecule has 2 N–H and O–H groups in total. The van der Waals surface area contributed by atoms with Crippen LogP contribution in [0.5, 0.6) is 5.75 Å². The first-order valence-corrected chi connectivity index (χ1v) is 5.77. The second kappa shape index (κ2) is 5.13. The fourth-order valence-corrected chi connectivity index (χ4v) is 1.83. The van der Waals surface area contributed by atoms with Gasteiger partial charge in [0.1, 0.15) is 5.82 Å². The van der Waals surface area contributed by atoms with Gasteiger partial charge in [-0.1, -0.05) is 11.8 Å². The maximum absolute atomic E-state index is 13.3. The third kappa shape index (κ3) is 2.65. The van der Waals surface area contributed by atoms with Crippen molar-refractivity contribution in [2.24, 2.45) is 10.2 Å². The van der Waals surface area contributed by atoms with Crippen LogP contribution < -0.4 is 5.32 Å². The molecule has 0 saturated carbocycles. The summed E-state index contributed by atoms with van der Waals surface area (Å²) in [6, 6.07) is 1.82. The van der Waals surface area contributed by atoms with Crippen molar-refractivity contribution in [1.82, 2.24) is 5.32 Å². The van der Waals surface area contributed by atoms with Gasteiger partial charge in [0, 0.05) is 0 Å². The van der Waals surface area contributed by atoms with Gasteiger partial charge in [-0.2, -0.15) is 5.10 Å². The summed E-state index contributed by atoms with van der Waals surface area (Å²) in [6.45, 7) is 0. The fourth-order valence-electron chi connectivity index (χ4n) is 1.19. The quantitative estimate of drug-likeness (QED) is 0.627. The molecule has 1 amide bonds. The van der Waals surface area contributed by atoms with Crippen LogP contribution in [0.3, 0.4) is 0 Å². The number of carbonyl (C=O) groups is 1. The van der Waals surface area contributed by atoms with Gasteiger partial charge in [0.15, 0.2) is 16.7 Å². The lowest BCUT2D eigenvalue weighted by molar-refractivity contribution is -0.116. The summed E-state index contributed by atoms with van der Waals surface area (Å²) >= 11 is 1.14. The summed E-state index contributed by atoms with van der Waals surface area (Å²) in [4.78, 5) is 10.8. The molecule has 1 aliphatic heterocycles. The minimum atomic E-state index is -1.11. The molecule has 2 rings (SSSR count). The van der Waals surface area contributed by atoms with Crippen LogP contribution in [0.2, 0.25) is 0 Å². The van der Waals surface area contributed by atoms with Gasteiger partial charge in [-0.25, -0.2) is 8.78 Å². The number of phenolic OH excluding ortho intramolecular Hbond substituents is 1. The molecule has 0 atom stereocenters. The van der Waals surface area contributed by atoms with Gasteiger partial charge in [0.25, 0.3) is 0 Å².